The van der Waals surface area contributed by atoms with Crippen molar-refractivity contribution in [1.82, 2.24) is 9.97 Å². The average Bonchev–Trinajstić information content (AvgIpc) is 2.90. The lowest BCUT2D eigenvalue weighted by molar-refractivity contribution is -0.124. The van der Waals surface area contributed by atoms with Gasteiger partial charge in [0.1, 0.15) is 16.2 Å². The molecular weight excluding hydrogens is 368 g/mol. The largest absolute Gasteiger partial charge is 0.451 e. The lowest BCUT2D eigenvalue weighted by Gasteiger charge is -2.12. The number of Topliss-reactive ketones (excluding diaryl/α,β-unsaturated/α-hetero) is 1. The molecule has 1 unspecified atom stereocenters. The third kappa shape index (κ3) is 3.64. The summed E-state index contributed by atoms with van der Waals surface area (Å²) in [5.41, 5.74) is 1.57. The Hall–Kier alpha value is -2.25. The molecule has 1 atom stereocenters. The van der Waals surface area contributed by atoms with Crippen LogP contribution < -0.4 is 0 Å². The highest BCUT2D eigenvalue weighted by atomic mass is 32.2. The molecular formula is C19H18N2O3S2. The van der Waals surface area contributed by atoms with Crippen molar-refractivity contribution in [2.24, 2.45) is 0 Å². The van der Waals surface area contributed by atoms with Crippen molar-refractivity contribution in [2.75, 3.05) is 0 Å². The highest BCUT2D eigenvalue weighted by Gasteiger charge is 2.20. The van der Waals surface area contributed by atoms with Crippen molar-refractivity contribution < 1.29 is 14.3 Å². The fraction of sp³-hybridized carbons (Fsp3) is 0.263. The highest BCUT2D eigenvalue weighted by Crippen LogP contribution is 2.38. The van der Waals surface area contributed by atoms with E-state index in [0.29, 0.717) is 5.56 Å². The first-order valence-corrected chi connectivity index (χ1v) is 9.70. The summed E-state index contributed by atoms with van der Waals surface area (Å²) in [4.78, 5) is 35.5. The predicted molar refractivity (Wildman–Crippen MR) is 103 cm³/mol. The first-order valence-electron chi connectivity index (χ1n) is 8.07. The number of ether oxygens (including phenoxy) is 1. The van der Waals surface area contributed by atoms with Crippen LogP contribution in [0.3, 0.4) is 0 Å². The average molecular weight is 386 g/mol. The van der Waals surface area contributed by atoms with Crippen LogP contribution in [0.1, 0.15) is 34.6 Å². The van der Waals surface area contributed by atoms with Gasteiger partial charge in [0.05, 0.1) is 5.56 Å². The lowest BCUT2D eigenvalue weighted by Crippen LogP contribution is -2.22. The quantitative estimate of drug-likeness (QED) is 0.472. The van der Waals surface area contributed by atoms with Gasteiger partial charge in [-0.2, -0.15) is 0 Å². The van der Waals surface area contributed by atoms with Crippen molar-refractivity contribution in [3.8, 4) is 0 Å². The third-order valence-electron chi connectivity index (χ3n) is 4.10. The topological polar surface area (TPSA) is 69.2 Å². The molecule has 1 aromatic carbocycles. The van der Waals surface area contributed by atoms with E-state index in [1.165, 1.54) is 23.6 Å². The molecule has 0 fully saturated rings. The van der Waals surface area contributed by atoms with Crippen LogP contribution in [0.15, 0.2) is 40.5 Å². The van der Waals surface area contributed by atoms with Crippen molar-refractivity contribution in [2.45, 2.75) is 43.7 Å². The minimum Gasteiger partial charge on any atom is -0.451 e. The Morgan fingerprint density at radius 3 is 2.65 bits per heavy atom. The molecule has 2 heterocycles. The molecule has 0 spiro atoms. The lowest BCUT2D eigenvalue weighted by atomic mass is 10.2. The van der Waals surface area contributed by atoms with Gasteiger partial charge in [-0.15, -0.1) is 11.3 Å². The number of esters is 1. The van der Waals surface area contributed by atoms with Crippen LogP contribution in [-0.4, -0.2) is 27.8 Å². The van der Waals surface area contributed by atoms with E-state index in [1.54, 1.807) is 36.7 Å². The Balaban J connectivity index is 1.97. The summed E-state index contributed by atoms with van der Waals surface area (Å²) in [5, 5.41) is 1.82. The molecule has 0 saturated heterocycles. The van der Waals surface area contributed by atoms with E-state index in [9.17, 15) is 9.59 Å². The van der Waals surface area contributed by atoms with Gasteiger partial charge in [-0.05, 0) is 45.4 Å². The van der Waals surface area contributed by atoms with Crippen LogP contribution in [0.2, 0.25) is 0 Å². The maximum Gasteiger partial charge on any atom is 0.339 e. The number of fused-ring (bicyclic) bond motifs is 1. The van der Waals surface area contributed by atoms with Gasteiger partial charge in [0.2, 0.25) is 0 Å². The van der Waals surface area contributed by atoms with Gasteiger partial charge in [-0.1, -0.05) is 23.9 Å². The van der Waals surface area contributed by atoms with E-state index in [1.807, 2.05) is 12.1 Å². The summed E-state index contributed by atoms with van der Waals surface area (Å²) >= 11 is 3.04. The summed E-state index contributed by atoms with van der Waals surface area (Å²) < 4.78 is 5.26. The molecule has 5 nitrogen and oxygen atoms in total. The summed E-state index contributed by atoms with van der Waals surface area (Å²) in [6, 6.07) is 7.18. The maximum absolute atomic E-state index is 12.5. The van der Waals surface area contributed by atoms with Gasteiger partial charge in [0.15, 0.2) is 11.9 Å². The molecule has 26 heavy (non-hydrogen) atoms. The fourth-order valence-corrected chi connectivity index (χ4v) is 4.49. The van der Waals surface area contributed by atoms with Crippen LogP contribution in [0.5, 0.6) is 0 Å². The summed E-state index contributed by atoms with van der Waals surface area (Å²) in [6.45, 7) is 7.08. The maximum atomic E-state index is 12.5. The molecule has 0 N–H and O–H groups in total. The second kappa shape index (κ2) is 7.55. The Morgan fingerprint density at radius 1 is 1.19 bits per heavy atom. The third-order valence-corrected chi connectivity index (χ3v) is 6.29. The Morgan fingerprint density at radius 2 is 1.92 bits per heavy atom. The Bertz CT molecular complexity index is 998. The summed E-state index contributed by atoms with van der Waals surface area (Å²) in [7, 11) is 0. The highest BCUT2D eigenvalue weighted by molar-refractivity contribution is 7.99. The molecule has 3 rings (SSSR count). The van der Waals surface area contributed by atoms with Crippen molar-refractivity contribution >= 4 is 45.1 Å². The predicted octanol–water partition coefficient (Wildman–Crippen LogP) is 4.59. The molecule has 7 heteroatoms. The van der Waals surface area contributed by atoms with Crippen LogP contribution in [0.4, 0.5) is 0 Å². The van der Waals surface area contributed by atoms with Crippen molar-refractivity contribution in [3.63, 3.8) is 0 Å². The molecule has 134 valence electrons. The first-order chi connectivity index (χ1) is 12.4. The van der Waals surface area contributed by atoms with E-state index in [2.05, 4.69) is 23.8 Å². The van der Waals surface area contributed by atoms with E-state index < -0.39 is 12.1 Å². The molecule has 2 aromatic heterocycles. The monoisotopic (exact) mass is 386 g/mol. The zero-order valence-corrected chi connectivity index (χ0v) is 16.5. The number of aromatic nitrogens is 2. The minimum absolute atomic E-state index is 0.189. The van der Waals surface area contributed by atoms with Crippen molar-refractivity contribution in [1.29, 1.82) is 0 Å². The number of hydrogen-bond acceptors (Lipinski definition) is 7. The van der Waals surface area contributed by atoms with Crippen LogP contribution in [0, 0.1) is 13.8 Å². The number of ketones is 1. The molecule has 0 aliphatic heterocycles. The SMILES string of the molecule is CC(=O)C(C)OC(=O)c1ccccc1Sc1ncnc2sc(C)c(C)c12. The van der Waals surface area contributed by atoms with Gasteiger partial charge in [0, 0.05) is 15.2 Å². The van der Waals surface area contributed by atoms with E-state index in [-0.39, 0.29) is 5.78 Å². The molecule has 0 bridgehead atoms. The number of carbonyl (C=O) groups is 2. The number of benzene rings is 1. The van der Waals surface area contributed by atoms with Gasteiger partial charge in [-0.3, -0.25) is 4.79 Å². The summed E-state index contributed by atoms with van der Waals surface area (Å²) in [6.07, 6.45) is 0.770. The summed E-state index contributed by atoms with van der Waals surface area (Å²) in [5.74, 6) is -0.704. The van der Waals surface area contributed by atoms with E-state index >= 15 is 0 Å². The van der Waals surface area contributed by atoms with Gasteiger partial charge < -0.3 is 4.74 Å². The second-order valence-corrected chi connectivity index (χ2v) is 8.13. The molecule has 0 saturated carbocycles. The number of aryl methyl sites for hydroxylation is 2. The van der Waals surface area contributed by atoms with Crippen LogP contribution >= 0.6 is 23.1 Å². The van der Waals surface area contributed by atoms with Crippen molar-refractivity contribution in [3.05, 3.63) is 46.6 Å². The fourth-order valence-electron chi connectivity index (χ4n) is 2.36. The van der Waals surface area contributed by atoms with Gasteiger partial charge >= 0.3 is 5.97 Å². The first kappa shape index (κ1) is 18.5. The Labute approximate surface area is 159 Å². The minimum atomic E-state index is -0.770. The molecule has 3 aromatic rings. The zero-order chi connectivity index (χ0) is 18.8. The smallest absolute Gasteiger partial charge is 0.339 e. The number of nitrogens with zero attached hydrogens (tertiary/aromatic N) is 2. The van der Waals surface area contributed by atoms with Gasteiger partial charge in [0.25, 0.3) is 0 Å². The molecule has 0 radical (unpaired) electrons. The zero-order valence-electron chi connectivity index (χ0n) is 14.9. The number of thiophene rings is 1. The standard InChI is InChI=1S/C19H18N2O3S2/c1-10-13(4)25-17-16(10)18(21-9-20-17)26-15-8-6-5-7-14(15)19(23)24-12(3)11(2)22/h5-9,12H,1-4H3. The second-order valence-electron chi connectivity index (χ2n) is 5.90. The number of hydrogen-bond donors (Lipinski definition) is 0. The molecule has 0 aliphatic carbocycles. The van der Waals surface area contributed by atoms with Crippen LogP contribution in [0.25, 0.3) is 10.2 Å². The normalized spacial score (nSPS) is 12.2. The van der Waals surface area contributed by atoms with Crippen LogP contribution in [-0.2, 0) is 9.53 Å². The van der Waals surface area contributed by atoms with E-state index in [0.717, 1.165) is 25.7 Å². The number of rotatable bonds is 5. The Kier molecular flexibility index (Phi) is 5.38. The number of carbonyl (C=O) groups excluding carboxylic acids is 2. The molecule has 0 aliphatic rings. The molecule has 0 amide bonds. The van der Waals surface area contributed by atoms with E-state index in [4.69, 9.17) is 4.74 Å². The van der Waals surface area contributed by atoms with Gasteiger partial charge in [-0.25, -0.2) is 14.8 Å².